The summed E-state index contributed by atoms with van der Waals surface area (Å²) >= 11 is 10.6. The Morgan fingerprint density at radius 2 is 2.18 bits per heavy atom. The molecule has 1 aliphatic rings. The molecule has 2 atom stereocenters. The van der Waals surface area contributed by atoms with E-state index in [9.17, 15) is 8.78 Å². The van der Waals surface area contributed by atoms with E-state index in [0.29, 0.717) is 22.8 Å². The van der Waals surface area contributed by atoms with Crippen molar-refractivity contribution in [2.75, 3.05) is 17.7 Å². The minimum Gasteiger partial charge on any atom is -0.353 e. The Morgan fingerprint density at radius 3 is 2.77 bits per heavy atom. The van der Waals surface area contributed by atoms with Crippen molar-refractivity contribution in [3.05, 3.63) is 21.4 Å². The lowest BCUT2D eigenvalue weighted by molar-refractivity contribution is 0.464. The van der Waals surface area contributed by atoms with E-state index in [4.69, 9.17) is 11.6 Å². The van der Waals surface area contributed by atoms with Crippen LogP contribution in [0.5, 0.6) is 0 Å². The van der Waals surface area contributed by atoms with E-state index < -0.39 is 12.0 Å². The summed E-state index contributed by atoms with van der Waals surface area (Å²) in [5, 5.41) is 1.21. The van der Waals surface area contributed by atoms with Gasteiger partial charge in [0.2, 0.25) is 0 Å². The molecule has 1 fully saturated rings. The Labute approximate surface area is 144 Å². The molecule has 1 aromatic heterocycles. The molecular formula is C14H13BrClF2N3S. The van der Waals surface area contributed by atoms with Crippen LogP contribution in [-0.4, -0.2) is 35.0 Å². The van der Waals surface area contributed by atoms with Crippen LogP contribution in [0.1, 0.15) is 13.3 Å². The van der Waals surface area contributed by atoms with E-state index >= 15 is 0 Å². The maximum atomic E-state index is 14.5. The second-order valence-electron chi connectivity index (χ2n) is 5.08. The summed E-state index contributed by atoms with van der Waals surface area (Å²) in [7, 11) is 1.76. The van der Waals surface area contributed by atoms with Crippen molar-refractivity contribution in [3.8, 4) is 0 Å². The van der Waals surface area contributed by atoms with E-state index in [1.165, 1.54) is 11.8 Å². The average molecular weight is 409 g/mol. The third-order valence-electron chi connectivity index (χ3n) is 3.57. The summed E-state index contributed by atoms with van der Waals surface area (Å²) < 4.78 is 28.1. The average Bonchev–Trinajstić information content (AvgIpc) is 3.22. The van der Waals surface area contributed by atoms with Gasteiger partial charge in [0, 0.05) is 18.9 Å². The highest BCUT2D eigenvalue weighted by Crippen LogP contribution is 2.39. The van der Waals surface area contributed by atoms with Crippen molar-refractivity contribution in [1.29, 1.82) is 0 Å². The van der Waals surface area contributed by atoms with E-state index in [2.05, 4.69) is 25.9 Å². The van der Waals surface area contributed by atoms with Gasteiger partial charge in [-0.15, -0.1) is 0 Å². The minimum absolute atomic E-state index is 0.177. The normalized spacial score (nSPS) is 20.5. The maximum absolute atomic E-state index is 14.5. The molecule has 0 radical (unpaired) electrons. The lowest BCUT2D eigenvalue weighted by Crippen LogP contribution is -2.23. The fourth-order valence-corrected chi connectivity index (χ4v) is 3.37. The monoisotopic (exact) mass is 407 g/mol. The molecule has 0 N–H and O–H groups in total. The molecule has 3 rings (SSSR count). The van der Waals surface area contributed by atoms with Gasteiger partial charge in [-0.05, 0) is 27.7 Å². The highest BCUT2D eigenvalue weighted by molar-refractivity contribution is 9.10. The Bertz CT molecular complexity index is 746. The van der Waals surface area contributed by atoms with Gasteiger partial charge in [-0.25, -0.2) is 18.7 Å². The molecule has 0 amide bonds. The van der Waals surface area contributed by atoms with Crippen LogP contribution in [0.4, 0.5) is 14.6 Å². The number of rotatable bonds is 4. The molecule has 1 aromatic carbocycles. The van der Waals surface area contributed by atoms with Gasteiger partial charge >= 0.3 is 0 Å². The van der Waals surface area contributed by atoms with Crippen LogP contribution >= 0.6 is 39.3 Å². The van der Waals surface area contributed by atoms with Gasteiger partial charge in [0.15, 0.2) is 11.0 Å². The van der Waals surface area contributed by atoms with Crippen molar-refractivity contribution >= 4 is 56.0 Å². The van der Waals surface area contributed by atoms with Crippen molar-refractivity contribution in [2.24, 2.45) is 0 Å². The maximum Gasteiger partial charge on any atom is 0.190 e. The van der Waals surface area contributed by atoms with Gasteiger partial charge in [0.25, 0.3) is 0 Å². The van der Waals surface area contributed by atoms with Crippen molar-refractivity contribution < 1.29 is 8.78 Å². The molecule has 1 aliphatic carbocycles. The van der Waals surface area contributed by atoms with Crippen LogP contribution in [0.25, 0.3) is 10.9 Å². The molecule has 118 valence electrons. The number of alkyl halides is 1. The molecule has 0 aliphatic heterocycles. The SMILES string of the molecule is CCSc1nc(N(C)[C@H]2C[C@@H]2F)c2cc(Cl)c(Br)c(F)c2n1. The van der Waals surface area contributed by atoms with Crippen LogP contribution in [0.2, 0.25) is 5.02 Å². The first-order valence-corrected chi connectivity index (χ1v) is 8.94. The second-order valence-corrected chi connectivity index (χ2v) is 7.51. The molecule has 0 unspecified atom stereocenters. The molecule has 0 bridgehead atoms. The molecule has 0 spiro atoms. The smallest absolute Gasteiger partial charge is 0.190 e. The number of fused-ring (bicyclic) bond motifs is 1. The van der Waals surface area contributed by atoms with Gasteiger partial charge in [0.05, 0.1) is 15.5 Å². The van der Waals surface area contributed by atoms with Gasteiger partial charge < -0.3 is 4.90 Å². The lowest BCUT2D eigenvalue weighted by Gasteiger charge is -2.20. The molecule has 3 nitrogen and oxygen atoms in total. The van der Waals surface area contributed by atoms with Crippen LogP contribution in [0.15, 0.2) is 15.7 Å². The third-order valence-corrected chi connectivity index (χ3v) is 5.60. The second kappa shape index (κ2) is 6.09. The number of anilines is 1. The summed E-state index contributed by atoms with van der Waals surface area (Å²) in [5.74, 6) is 0.754. The van der Waals surface area contributed by atoms with E-state index in [1.54, 1.807) is 18.0 Å². The van der Waals surface area contributed by atoms with E-state index in [0.717, 1.165) is 5.75 Å². The molecule has 22 heavy (non-hydrogen) atoms. The first-order valence-electron chi connectivity index (χ1n) is 6.79. The number of halogens is 4. The Kier molecular flexibility index (Phi) is 4.49. The molecule has 0 saturated heterocycles. The van der Waals surface area contributed by atoms with Crippen LogP contribution in [0, 0.1) is 5.82 Å². The standard InChI is InChI=1S/C14H13BrClF2N3S/c1-3-22-14-19-12-6(4-7(16)10(15)11(12)18)13(20-14)21(2)9-5-8(9)17/h4,8-9H,3,5H2,1-2H3/t8-,9-/m0/s1. The van der Waals surface area contributed by atoms with Gasteiger partial charge in [-0.1, -0.05) is 30.3 Å². The topological polar surface area (TPSA) is 29.0 Å². The molecule has 1 saturated carbocycles. The fraction of sp³-hybridized carbons (Fsp3) is 0.429. The zero-order chi connectivity index (χ0) is 16.0. The van der Waals surface area contributed by atoms with Crippen LogP contribution in [0.3, 0.4) is 0 Å². The number of hydrogen-bond donors (Lipinski definition) is 0. The Hall–Kier alpha value is -0.660. The van der Waals surface area contributed by atoms with Crippen molar-refractivity contribution in [2.45, 2.75) is 30.7 Å². The van der Waals surface area contributed by atoms with Gasteiger partial charge in [0.1, 0.15) is 17.5 Å². The number of aromatic nitrogens is 2. The number of benzene rings is 1. The quantitative estimate of drug-likeness (QED) is 0.411. The summed E-state index contributed by atoms with van der Waals surface area (Å²) in [6.07, 6.45) is -0.404. The number of thioether (sulfide) groups is 1. The van der Waals surface area contributed by atoms with Gasteiger partial charge in [-0.3, -0.25) is 0 Å². The highest BCUT2D eigenvalue weighted by atomic mass is 79.9. The summed E-state index contributed by atoms with van der Waals surface area (Å²) in [6.45, 7) is 1.97. The highest BCUT2D eigenvalue weighted by Gasteiger charge is 2.42. The zero-order valence-electron chi connectivity index (χ0n) is 11.9. The summed E-state index contributed by atoms with van der Waals surface area (Å²) in [4.78, 5) is 10.5. The minimum atomic E-state index is -0.868. The predicted octanol–water partition coefficient (Wildman–Crippen LogP) is 4.84. The van der Waals surface area contributed by atoms with E-state index in [-0.39, 0.29) is 21.1 Å². The number of hydrogen-bond acceptors (Lipinski definition) is 4. The van der Waals surface area contributed by atoms with Gasteiger partial charge in [-0.2, -0.15) is 0 Å². The largest absolute Gasteiger partial charge is 0.353 e. The van der Waals surface area contributed by atoms with Crippen molar-refractivity contribution in [1.82, 2.24) is 9.97 Å². The van der Waals surface area contributed by atoms with Crippen LogP contribution < -0.4 is 4.90 Å². The number of nitrogens with zero attached hydrogens (tertiary/aromatic N) is 3. The molecule has 8 heteroatoms. The Balaban J connectivity index is 2.23. The molecular weight excluding hydrogens is 396 g/mol. The predicted molar refractivity (Wildman–Crippen MR) is 90.3 cm³/mol. The summed E-state index contributed by atoms with van der Waals surface area (Å²) in [5.41, 5.74) is 0.195. The summed E-state index contributed by atoms with van der Waals surface area (Å²) in [6, 6.07) is 1.40. The Morgan fingerprint density at radius 1 is 1.50 bits per heavy atom. The zero-order valence-corrected chi connectivity index (χ0v) is 15.1. The lowest BCUT2D eigenvalue weighted by atomic mass is 10.2. The first-order chi connectivity index (χ1) is 10.4. The fourth-order valence-electron chi connectivity index (χ4n) is 2.31. The molecule has 2 aromatic rings. The third kappa shape index (κ3) is 2.78. The van der Waals surface area contributed by atoms with E-state index in [1.807, 2.05) is 6.92 Å². The van der Waals surface area contributed by atoms with Crippen LogP contribution in [-0.2, 0) is 0 Å². The molecule has 1 heterocycles. The van der Waals surface area contributed by atoms with Crippen molar-refractivity contribution in [3.63, 3.8) is 0 Å². The first kappa shape index (κ1) is 16.2.